The minimum absolute atomic E-state index is 0.430. The van der Waals surface area contributed by atoms with Gasteiger partial charge in [-0.05, 0) is 45.3 Å². The highest BCUT2D eigenvalue weighted by Gasteiger charge is 2.12. The van der Waals surface area contributed by atoms with Gasteiger partial charge in [0.05, 0.1) is 16.1 Å². The summed E-state index contributed by atoms with van der Waals surface area (Å²) in [6.45, 7) is 0. The van der Waals surface area contributed by atoms with Crippen LogP contribution in [0.25, 0.3) is 0 Å². The molecule has 0 amide bonds. The van der Waals surface area contributed by atoms with Crippen molar-refractivity contribution in [3.8, 4) is 0 Å². The maximum atomic E-state index is 10.2. The minimum atomic E-state index is -0.643. The average Bonchev–Trinajstić information content (AvgIpc) is 2.35. The molecule has 0 radical (unpaired) electrons. The molecule has 1 heterocycles. The van der Waals surface area contributed by atoms with Crippen molar-refractivity contribution < 1.29 is 5.11 Å². The number of aromatic nitrogens is 1. The zero-order chi connectivity index (χ0) is 13.1. The summed E-state index contributed by atoms with van der Waals surface area (Å²) in [6.07, 6.45) is 3.01. The van der Waals surface area contributed by atoms with Crippen molar-refractivity contribution >= 4 is 39.1 Å². The Hall–Kier alpha value is -0.610. The van der Waals surface area contributed by atoms with Crippen molar-refractivity contribution in [3.05, 3.63) is 62.3 Å². The Balaban J connectivity index is 2.19. The number of halogens is 3. The average molecular weight is 347 g/mol. The van der Waals surface area contributed by atoms with Crippen LogP contribution in [-0.4, -0.2) is 10.1 Å². The first-order valence-corrected chi connectivity index (χ1v) is 6.84. The smallest absolute Gasteiger partial charge is 0.0831 e. The van der Waals surface area contributed by atoms with Gasteiger partial charge in [-0.15, -0.1) is 0 Å². The second-order valence-electron chi connectivity index (χ2n) is 3.86. The van der Waals surface area contributed by atoms with Gasteiger partial charge in [0.2, 0.25) is 0 Å². The summed E-state index contributed by atoms with van der Waals surface area (Å²) in [6, 6.07) is 7.18. The molecule has 0 aliphatic carbocycles. The van der Waals surface area contributed by atoms with E-state index in [-0.39, 0.29) is 0 Å². The quantitative estimate of drug-likeness (QED) is 0.891. The van der Waals surface area contributed by atoms with Crippen molar-refractivity contribution in [2.24, 2.45) is 0 Å². The summed E-state index contributed by atoms with van der Waals surface area (Å²) in [5.41, 5.74) is 1.62. The molecular weight excluding hydrogens is 337 g/mol. The van der Waals surface area contributed by atoms with Crippen LogP contribution in [0.4, 0.5) is 0 Å². The molecule has 0 fully saturated rings. The molecule has 0 spiro atoms. The number of aliphatic hydroxyl groups is 1. The predicted molar refractivity (Wildman–Crippen MR) is 77.1 cm³/mol. The van der Waals surface area contributed by atoms with Gasteiger partial charge in [0.15, 0.2) is 0 Å². The van der Waals surface area contributed by atoms with E-state index in [9.17, 15) is 5.11 Å². The Kier molecular flexibility index (Phi) is 4.62. The van der Waals surface area contributed by atoms with Crippen molar-refractivity contribution in [1.82, 2.24) is 4.98 Å². The molecular formula is C13H10BrCl2NO. The number of aliphatic hydroxyl groups excluding tert-OH is 1. The topological polar surface area (TPSA) is 33.1 Å². The largest absolute Gasteiger partial charge is 0.388 e. The number of rotatable bonds is 3. The Morgan fingerprint density at radius 2 is 2.00 bits per heavy atom. The summed E-state index contributed by atoms with van der Waals surface area (Å²) in [5.74, 6) is 0. The van der Waals surface area contributed by atoms with Crippen LogP contribution in [-0.2, 0) is 6.42 Å². The van der Waals surface area contributed by atoms with Gasteiger partial charge in [-0.1, -0.05) is 29.3 Å². The first kappa shape index (κ1) is 13.8. The highest BCUT2D eigenvalue weighted by atomic mass is 79.9. The Bertz CT molecular complexity index is 562. The first-order chi connectivity index (χ1) is 8.58. The standard InChI is InChI=1S/C13H10BrCl2NO/c14-10-2-1-9(5-11(10)15)13(18)6-8-3-4-17-7-12(8)16/h1-5,7,13,18H,6H2. The molecule has 94 valence electrons. The molecule has 2 rings (SSSR count). The van der Waals surface area contributed by atoms with Crippen LogP contribution in [0.15, 0.2) is 41.1 Å². The van der Waals surface area contributed by atoms with Crippen LogP contribution in [0.1, 0.15) is 17.2 Å². The second-order valence-corrected chi connectivity index (χ2v) is 5.53. The van der Waals surface area contributed by atoms with Crippen LogP contribution in [0.2, 0.25) is 10.0 Å². The molecule has 18 heavy (non-hydrogen) atoms. The molecule has 1 aromatic heterocycles. The monoisotopic (exact) mass is 345 g/mol. The molecule has 1 unspecified atom stereocenters. The molecule has 2 nitrogen and oxygen atoms in total. The van der Waals surface area contributed by atoms with E-state index in [1.165, 1.54) is 0 Å². The summed E-state index contributed by atoms with van der Waals surface area (Å²) < 4.78 is 0.807. The molecule has 2 aromatic rings. The summed E-state index contributed by atoms with van der Waals surface area (Å²) in [7, 11) is 0. The van der Waals surface area contributed by atoms with Gasteiger partial charge in [0.25, 0.3) is 0 Å². The highest BCUT2D eigenvalue weighted by Crippen LogP contribution is 2.28. The third-order valence-electron chi connectivity index (χ3n) is 2.60. The predicted octanol–water partition coefficient (Wildman–Crippen LogP) is 4.43. The molecule has 0 aliphatic rings. The molecule has 1 aromatic carbocycles. The van der Waals surface area contributed by atoms with Crippen LogP contribution in [0.5, 0.6) is 0 Å². The molecule has 0 bridgehead atoms. The van der Waals surface area contributed by atoms with Crippen molar-refractivity contribution in [3.63, 3.8) is 0 Å². The minimum Gasteiger partial charge on any atom is -0.388 e. The van der Waals surface area contributed by atoms with E-state index in [0.717, 1.165) is 15.6 Å². The van der Waals surface area contributed by atoms with Crippen molar-refractivity contribution in [1.29, 1.82) is 0 Å². The number of hydrogen-bond acceptors (Lipinski definition) is 2. The maximum Gasteiger partial charge on any atom is 0.0831 e. The lowest BCUT2D eigenvalue weighted by molar-refractivity contribution is 0.178. The van der Waals surface area contributed by atoms with E-state index in [2.05, 4.69) is 20.9 Å². The summed E-state index contributed by atoms with van der Waals surface area (Å²) in [4.78, 5) is 3.91. The van der Waals surface area contributed by atoms with E-state index in [0.29, 0.717) is 16.5 Å². The second kappa shape index (κ2) is 6.02. The van der Waals surface area contributed by atoms with E-state index < -0.39 is 6.10 Å². The van der Waals surface area contributed by atoms with Gasteiger partial charge in [-0.25, -0.2) is 0 Å². The highest BCUT2D eigenvalue weighted by molar-refractivity contribution is 9.10. The normalized spacial score (nSPS) is 12.4. The lowest BCUT2D eigenvalue weighted by Gasteiger charge is -2.12. The van der Waals surface area contributed by atoms with Crippen LogP contribution >= 0.6 is 39.1 Å². The molecule has 0 saturated carbocycles. The number of pyridine rings is 1. The zero-order valence-corrected chi connectivity index (χ0v) is 12.4. The Labute approximate surface area is 124 Å². The van der Waals surface area contributed by atoms with Gasteiger partial charge in [0, 0.05) is 23.3 Å². The molecule has 1 N–H and O–H groups in total. The zero-order valence-electron chi connectivity index (χ0n) is 9.28. The number of hydrogen-bond donors (Lipinski definition) is 1. The van der Waals surface area contributed by atoms with E-state index in [1.54, 1.807) is 24.5 Å². The molecule has 1 atom stereocenters. The summed E-state index contributed by atoms with van der Waals surface area (Å²) >= 11 is 15.3. The van der Waals surface area contributed by atoms with Crippen LogP contribution in [0.3, 0.4) is 0 Å². The Morgan fingerprint density at radius 3 is 2.67 bits per heavy atom. The van der Waals surface area contributed by atoms with Gasteiger partial charge >= 0.3 is 0 Å². The third kappa shape index (κ3) is 3.23. The number of nitrogens with zero attached hydrogens (tertiary/aromatic N) is 1. The fraction of sp³-hybridized carbons (Fsp3) is 0.154. The van der Waals surface area contributed by atoms with Crippen molar-refractivity contribution in [2.45, 2.75) is 12.5 Å². The van der Waals surface area contributed by atoms with E-state index >= 15 is 0 Å². The molecule has 5 heteroatoms. The van der Waals surface area contributed by atoms with E-state index in [1.807, 2.05) is 12.1 Å². The fourth-order valence-electron chi connectivity index (χ4n) is 1.62. The van der Waals surface area contributed by atoms with Gasteiger partial charge in [-0.3, -0.25) is 4.98 Å². The van der Waals surface area contributed by atoms with Gasteiger partial charge in [0.1, 0.15) is 0 Å². The van der Waals surface area contributed by atoms with Crippen molar-refractivity contribution in [2.75, 3.05) is 0 Å². The summed E-state index contributed by atoms with van der Waals surface area (Å²) in [5, 5.41) is 11.3. The van der Waals surface area contributed by atoms with Gasteiger partial charge in [-0.2, -0.15) is 0 Å². The fourth-order valence-corrected chi connectivity index (χ4v) is 2.25. The number of benzene rings is 1. The lowest BCUT2D eigenvalue weighted by Crippen LogP contribution is -2.02. The maximum absolute atomic E-state index is 10.2. The first-order valence-electron chi connectivity index (χ1n) is 5.29. The SMILES string of the molecule is OC(Cc1ccncc1Cl)c1ccc(Br)c(Cl)c1. The Morgan fingerprint density at radius 1 is 1.22 bits per heavy atom. The van der Waals surface area contributed by atoms with Crippen LogP contribution in [0, 0.1) is 0 Å². The molecule has 0 saturated heterocycles. The third-order valence-corrected chi connectivity index (χ3v) is 4.17. The lowest BCUT2D eigenvalue weighted by atomic mass is 10.0. The van der Waals surface area contributed by atoms with Crippen LogP contribution < -0.4 is 0 Å². The van der Waals surface area contributed by atoms with Gasteiger partial charge < -0.3 is 5.11 Å². The van der Waals surface area contributed by atoms with E-state index in [4.69, 9.17) is 23.2 Å². The molecule has 0 aliphatic heterocycles.